The first-order valence-electron chi connectivity index (χ1n) is 5.66. The third kappa shape index (κ3) is 2.10. The second kappa shape index (κ2) is 4.65. The summed E-state index contributed by atoms with van der Waals surface area (Å²) in [6.07, 6.45) is 0. The molecule has 7 heteroatoms. The van der Waals surface area contributed by atoms with Gasteiger partial charge in [-0.25, -0.2) is 4.68 Å². The Morgan fingerprint density at radius 2 is 2.05 bits per heavy atom. The van der Waals surface area contributed by atoms with Crippen LogP contribution in [0.3, 0.4) is 0 Å². The van der Waals surface area contributed by atoms with E-state index in [1.54, 1.807) is 25.2 Å². The highest BCUT2D eigenvalue weighted by Crippen LogP contribution is 2.31. The molecule has 0 saturated heterocycles. The maximum Gasteiger partial charge on any atom is 0.214 e. The molecule has 0 radical (unpaired) electrons. The zero-order chi connectivity index (χ0) is 13.4. The zero-order valence-electron chi connectivity index (χ0n) is 10.1. The van der Waals surface area contributed by atoms with Crippen molar-refractivity contribution in [2.75, 3.05) is 13.2 Å². The Kier molecular flexibility index (Phi) is 2.98. The van der Waals surface area contributed by atoms with Crippen LogP contribution in [0, 0.1) is 0 Å². The molecule has 0 amide bonds. The van der Waals surface area contributed by atoms with Crippen LogP contribution in [0.15, 0.2) is 22.8 Å². The van der Waals surface area contributed by atoms with Crippen LogP contribution in [0.25, 0.3) is 0 Å². The van der Waals surface area contributed by atoms with Crippen LogP contribution in [0.4, 0.5) is 0 Å². The SMILES string of the molecule is Cn1nnc(Br)c1C(=O)c1ccc2c(c1)OCCO2. The largest absolute Gasteiger partial charge is 0.486 e. The molecule has 19 heavy (non-hydrogen) atoms. The number of carbonyl (C=O) groups excluding carboxylic acids is 1. The molecule has 0 spiro atoms. The standard InChI is InChI=1S/C12H10BrN3O3/c1-16-10(12(13)14-15-16)11(17)7-2-3-8-9(6-7)19-5-4-18-8/h2-3,6H,4-5H2,1H3. The van der Waals surface area contributed by atoms with Crippen LogP contribution in [-0.2, 0) is 7.05 Å². The van der Waals surface area contributed by atoms with Crippen molar-refractivity contribution in [3.8, 4) is 11.5 Å². The van der Waals surface area contributed by atoms with Crippen molar-refractivity contribution in [2.24, 2.45) is 7.05 Å². The lowest BCUT2D eigenvalue weighted by atomic mass is 10.1. The first-order chi connectivity index (χ1) is 9.16. The zero-order valence-corrected chi connectivity index (χ0v) is 11.7. The number of aromatic nitrogens is 3. The van der Waals surface area contributed by atoms with E-state index >= 15 is 0 Å². The van der Waals surface area contributed by atoms with E-state index in [4.69, 9.17) is 9.47 Å². The van der Waals surface area contributed by atoms with Gasteiger partial charge < -0.3 is 9.47 Å². The second-order valence-electron chi connectivity index (χ2n) is 4.04. The molecule has 2 heterocycles. The number of hydrogen-bond acceptors (Lipinski definition) is 5. The number of ketones is 1. The predicted octanol–water partition coefficient (Wildman–Crippen LogP) is 1.58. The molecule has 1 aliphatic rings. The predicted molar refractivity (Wildman–Crippen MR) is 69.6 cm³/mol. The van der Waals surface area contributed by atoms with Crippen LogP contribution in [-0.4, -0.2) is 34.0 Å². The number of ether oxygens (including phenoxy) is 2. The Morgan fingerprint density at radius 1 is 1.32 bits per heavy atom. The summed E-state index contributed by atoms with van der Waals surface area (Å²) < 4.78 is 12.7. The third-order valence-electron chi connectivity index (χ3n) is 2.81. The lowest BCUT2D eigenvalue weighted by Crippen LogP contribution is -2.16. The minimum absolute atomic E-state index is 0.170. The van der Waals surface area contributed by atoms with Crippen molar-refractivity contribution in [2.45, 2.75) is 0 Å². The minimum Gasteiger partial charge on any atom is -0.486 e. The van der Waals surface area contributed by atoms with Gasteiger partial charge in [0.05, 0.1) is 0 Å². The van der Waals surface area contributed by atoms with Gasteiger partial charge in [0.1, 0.15) is 18.9 Å². The molecule has 1 aromatic carbocycles. The van der Waals surface area contributed by atoms with E-state index in [-0.39, 0.29) is 5.78 Å². The molecule has 0 N–H and O–H groups in total. The highest BCUT2D eigenvalue weighted by molar-refractivity contribution is 9.10. The fourth-order valence-electron chi connectivity index (χ4n) is 1.89. The van der Waals surface area contributed by atoms with Crippen molar-refractivity contribution >= 4 is 21.7 Å². The van der Waals surface area contributed by atoms with E-state index in [1.807, 2.05) is 0 Å². The summed E-state index contributed by atoms with van der Waals surface area (Å²) in [5.41, 5.74) is 0.909. The third-order valence-corrected chi connectivity index (χ3v) is 3.34. The number of fused-ring (bicyclic) bond motifs is 1. The number of halogens is 1. The van der Waals surface area contributed by atoms with E-state index in [2.05, 4.69) is 26.2 Å². The summed E-state index contributed by atoms with van der Waals surface area (Å²) in [7, 11) is 1.67. The maximum atomic E-state index is 12.4. The fourth-order valence-corrected chi connectivity index (χ4v) is 2.40. The van der Waals surface area contributed by atoms with Crippen molar-refractivity contribution in [1.29, 1.82) is 0 Å². The van der Waals surface area contributed by atoms with Crippen LogP contribution in [0.2, 0.25) is 0 Å². The van der Waals surface area contributed by atoms with Gasteiger partial charge >= 0.3 is 0 Å². The lowest BCUT2D eigenvalue weighted by Gasteiger charge is -2.18. The Balaban J connectivity index is 2.01. The van der Waals surface area contributed by atoms with Gasteiger partial charge in [0.25, 0.3) is 0 Å². The van der Waals surface area contributed by atoms with E-state index < -0.39 is 0 Å². The summed E-state index contributed by atoms with van der Waals surface area (Å²) >= 11 is 3.22. The minimum atomic E-state index is -0.170. The number of nitrogens with zero attached hydrogens (tertiary/aromatic N) is 3. The Labute approximate surface area is 117 Å². The molecule has 0 atom stereocenters. The first-order valence-corrected chi connectivity index (χ1v) is 6.45. The van der Waals surface area contributed by atoms with Crippen molar-refractivity contribution in [1.82, 2.24) is 15.0 Å². The molecule has 6 nitrogen and oxygen atoms in total. The van der Waals surface area contributed by atoms with Gasteiger partial charge in [-0.2, -0.15) is 0 Å². The lowest BCUT2D eigenvalue weighted by molar-refractivity contribution is 0.102. The number of rotatable bonds is 2. The molecule has 0 aliphatic carbocycles. The molecule has 0 unspecified atom stereocenters. The van der Waals surface area contributed by atoms with Gasteiger partial charge in [0, 0.05) is 12.6 Å². The Morgan fingerprint density at radius 3 is 2.74 bits per heavy atom. The highest BCUT2D eigenvalue weighted by atomic mass is 79.9. The summed E-state index contributed by atoms with van der Waals surface area (Å²) in [4.78, 5) is 12.4. The Bertz CT molecular complexity index is 634. The molecule has 3 rings (SSSR count). The topological polar surface area (TPSA) is 66.2 Å². The van der Waals surface area contributed by atoms with Crippen LogP contribution in [0.1, 0.15) is 16.1 Å². The molecule has 0 bridgehead atoms. The quantitative estimate of drug-likeness (QED) is 0.785. The van der Waals surface area contributed by atoms with Gasteiger partial charge in [-0.05, 0) is 34.1 Å². The van der Waals surface area contributed by atoms with Gasteiger partial charge in [0.2, 0.25) is 5.78 Å². The van der Waals surface area contributed by atoms with E-state index in [0.717, 1.165) is 0 Å². The van der Waals surface area contributed by atoms with Crippen molar-refractivity contribution in [3.05, 3.63) is 34.1 Å². The number of aryl methyl sites for hydroxylation is 1. The number of carbonyl (C=O) groups is 1. The summed E-state index contributed by atoms with van der Waals surface area (Å²) in [5.74, 6) is 1.07. The molecular formula is C12H10BrN3O3. The summed E-state index contributed by atoms with van der Waals surface area (Å²) in [5, 5.41) is 7.60. The van der Waals surface area contributed by atoms with E-state index in [1.165, 1.54) is 4.68 Å². The van der Waals surface area contributed by atoms with Crippen LogP contribution in [0.5, 0.6) is 11.5 Å². The molecular weight excluding hydrogens is 314 g/mol. The normalized spacial score (nSPS) is 13.4. The van der Waals surface area contributed by atoms with Gasteiger partial charge in [-0.15, -0.1) is 5.10 Å². The molecule has 2 aromatic rings. The van der Waals surface area contributed by atoms with Gasteiger partial charge in [0.15, 0.2) is 16.1 Å². The summed E-state index contributed by atoms with van der Waals surface area (Å²) in [6.45, 7) is 1.01. The second-order valence-corrected chi connectivity index (χ2v) is 4.79. The molecule has 0 saturated carbocycles. The van der Waals surface area contributed by atoms with Gasteiger partial charge in [-0.3, -0.25) is 4.79 Å². The summed E-state index contributed by atoms with van der Waals surface area (Å²) in [6, 6.07) is 5.12. The van der Waals surface area contributed by atoms with Gasteiger partial charge in [-0.1, -0.05) is 5.21 Å². The monoisotopic (exact) mass is 323 g/mol. The molecule has 1 aliphatic heterocycles. The highest BCUT2D eigenvalue weighted by Gasteiger charge is 2.21. The fraction of sp³-hybridized carbons (Fsp3) is 0.250. The molecule has 0 fully saturated rings. The smallest absolute Gasteiger partial charge is 0.214 e. The van der Waals surface area contributed by atoms with Crippen molar-refractivity contribution < 1.29 is 14.3 Å². The van der Waals surface area contributed by atoms with Crippen LogP contribution < -0.4 is 9.47 Å². The molecule has 98 valence electrons. The van der Waals surface area contributed by atoms with E-state index in [9.17, 15) is 4.79 Å². The Hall–Kier alpha value is -1.89. The van der Waals surface area contributed by atoms with Crippen LogP contribution >= 0.6 is 15.9 Å². The average molecular weight is 324 g/mol. The average Bonchev–Trinajstić information content (AvgIpc) is 2.77. The van der Waals surface area contributed by atoms with Crippen molar-refractivity contribution in [3.63, 3.8) is 0 Å². The number of benzene rings is 1. The van der Waals surface area contributed by atoms with E-state index in [0.29, 0.717) is 40.6 Å². The first kappa shape index (κ1) is 12.2. The molecule has 1 aromatic heterocycles. The number of hydrogen-bond donors (Lipinski definition) is 0. The maximum absolute atomic E-state index is 12.4.